The Morgan fingerprint density at radius 1 is 0.968 bits per heavy atom. The van der Waals surface area contributed by atoms with E-state index in [1.54, 1.807) is 7.11 Å². The average molecular weight is 412 g/mol. The first-order valence-corrected chi connectivity index (χ1v) is 10.2. The highest BCUT2D eigenvalue weighted by Gasteiger charge is 2.10. The number of ether oxygens (including phenoxy) is 1. The number of aromatic nitrogens is 2. The van der Waals surface area contributed by atoms with Gasteiger partial charge in [0.1, 0.15) is 11.6 Å². The third-order valence-corrected chi connectivity index (χ3v) is 5.51. The van der Waals surface area contributed by atoms with Gasteiger partial charge in [0.2, 0.25) is 0 Å². The second-order valence-electron chi connectivity index (χ2n) is 7.50. The molecule has 4 rings (SSSR count). The summed E-state index contributed by atoms with van der Waals surface area (Å²) < 4.78 is 5.21. The Bertz CT molecular complexity index is 1190. The van der Waals surface area contributed by atoms with E-state index in [0.717, 1.165) is 50.6 Å². The average Bonchev–Trinajstić information content (AvgIpc) is 3.30. The summed E-state index contributed by atoms with van der Waals surface area (Å²) in [5.74, 6) is 1.57. The molecule has 0 aliphatic rings. The minimum Gasteiger partial charge on any atom is -0.497 e. The fourth-order valence-electron chi connectivity index (χ4n) is 3.44. The van der Waals surface area contributed by atoms with Crippen molar-refractivity contribution in [2.24, 2.45) is 0 Å². The minimum atomic E-state index is -0.0551. The molecule has 0 bridgehead atoms. The van der Waals surface area contributed by atoms with Crippen LogP contribution in [0, 0.1) is 13.8 Å². The number of benzene rings is 3. The van der Waals surface area contributed by atoms with Crippen LogP contribution < -0.4 is 10.1 Å². The van der Waals surface area contributed by atoms with Crippen molar-refractivity contribution in [3.05, 3.63) is 95.2 Å². The molecule has 2 N–H and O–H groups in total. The van der Waals surface area contributed by atoms with E-state index in [2.05, 4.69) is 15.3 Å². The van der Waals surface area contributed by atoms with Crippen LogP contribution in [-0.2, 0) is 6.54 Å². The lowest BCUT2D eigenvalue weighted by Crippen LogP contribution is -2.23. The summed E-state index contributed by atoms with van der Waals surface area (Å²) in [4.78, 5) is 20.4. The van der Waals surface area contributed by atoms with Gasteiger partial charge < -0.3 is 15.0 Å². The zero-order chi connectivity index (χ0) is 21.8. The van der Waals surface area contributed by atoms with Crippen LogP contribution in [0.15, 0.2) is 72.9 Å². The molecule has 0 fully saturated rings. The van der Waals surface area contributed by atoms with E-state index in [-0.39, 0.29) is 5.91 Å². The Hall–Kier alpha value is -3.86. The molecule has 31 heavy (non-hydrogen) atoms. The standard InChI is InChI=1S/C26H25N3O2/c1-17-5-4-6-23(18(17)2)26(30)28-15-19-7-9-21(10-8-19)25-27-16-24(29-25)20-11-13-22(31-3)14-12-20/h4-14,16H,15H2,1-3H3,(H,27,29)(H,28,30). The molecule has 0 saturated carbocycles. The largest absolute Gasteiger partial charge is 0.497 e. The summed E-state index contributed by atoms with van der Waals surface area (Å²) in [5, 5.41) is 3.00. The number of methoxy groups -OCH3 is 1. The number of nitrogens with zero attached hydrogens (tertiary/aromatic N) is 1. The van der Waals surface area contributed by atoms with E-state index in [0.29, 0.717) is 6.54 Å². The van der Waals surface area contributed by atoms with Crippen molar-refractivity contribution in [3.63, 3.8) is 0 Å². The fraction of sp³-hybridized carbons (Fsp3) is 0.154. The summed E-state index contributed by atoms with van der Waals surface area (Å²) in [6, 6.07) is 21.7. The van der Waals surface area contributed by atoms with E-state index in [4.69, 9.17) is 4.74 Å². The number of hydrogen-bond donors (Lipinski definition) is 2. The van der Waals surface area contributed by atoms with E-state index >= 15 is 0 Å². The Kier molecular flexibility index (Phi) is 5.85. The summed E-state index contributed by atoms with van der Waals surface area (Å²) >= 11 is 0. The maximum absolute atomic E-state index is 12.5. The van der Waals surface area contributed by atoms with Crippen molar-refractivity contribution < 1.29 is 9.53 Å². The van der Waals surface area contributed by atoms with Crippen LogP contribution in [0.3, 0.4) is 0 Å². The smallest absolute Gasteiger partial charge is 0.251 e. The number of carbonyl (C=O) groups is 1. The van der Waals surface area contributed by atoms with Crippen molar-refractivity contribution in [1.29, 1.82) is 0 Å². The van der Waals surface area contributed by atoms with E-state index in [9.17, 15) is 4.79 Å². The Morgan fingerprint density at radius 3 is 2.39 bits per heavy atom. The number of imidazole rings is 1. The maximum atomic E-state index is 12.5. The molecule has 4 aromatic rings. The van der Waals surface area contributed by atoms with Gasteiger partial charge in [0.25, 0.3) is 5.91 Å². The highest BCUT2D eigenvalue weighted by atomic mass is 16.5. The SMILES string of the molecule is COc1ccc(-c2cnc(-c3ccc(CNC(=O)c4cccc(C)c4C)cc3)[nH]2)cc1. The quantitative estimate of drug-likeness (QED) is 0.452. The Labute approximate surface area is 182 Å². The monoisotopic (exact) mass is 411 g/mol. The predicted molar refractivity (Wildman–Crippen MR) is 123 cm³/mol. The number of H-pyrrole nitrogens is 1. The van der Waals surface area contributed by atoms with E-state index in [1.165, 1.54) is 0 Å². The van der Waals surface area contributed by atoms with Crippen LogP contribution in [0.25, 0.3) is 22.6 Å². The molecule has 1 amide bonds. The molecule has 5 nitrogen and oxygen atoms in total. The first-order chi connectivity index (χ1) is 15.0. The molecule has 0 saturated heterocycles. The predicted octanol–water partition coefficient (Wildman–Crippen LogP) is 5.30. The van der Waals surface area contributed by atoms with Gasteiger partial charge in [0, 0.05) is 17.7 Å². The number of carbonyl (C=O) groups excluding carboxylic acids is 1. The molecule has 156 valence electrons. The molecular weight excluding hydrogens is 386 g/mol. The highest BCUT2D eigenvalue weighted by molar-refractivity contribution is 5.95. The van der Waals surface area contributed by atoms with Crippen molar-refractivity contribution >= 4 is 5.91 Å². The zero-order valence-electron chi connectivity index (χ0n) is 17.9. The second-order valence-corrected chi connectivity index (χ2v) is 7.50. The summed E-state index contributed by atoms with van der Waals surface area (Å²) in [6.07, 6.45) is 1.83. The molecular formula is C26H25N3O2. The van der Waals surface area contributed by atoms with Crippen LogP contribution in [0.4, 0.5) is 0 Å². The Morgan fingerprint density at radius 2 is 1.68 bits per heavy atom. The van der Waals surface area contributed by atoms with Gasteiger partial charge in [-0.1, -0.05) is 36.4 Å². The van der Waals surface area contributed by atoms with Crippen molar-refractivity contribution in [2.45, 2.75) is 20.4 Å². The van der Waals surface area contributed by atoms with Gasteiger partial charge in [-0.2, -0.15) is 0 Å². The molecule has 0 aliphatic heterocycles. The van der Waals surface area contributed by atoms with Gasteiger partial charge >= 0.3 is 0 Å². The molecule has 1 aromatic heterocycles. The molecule has 0 unspecified atom stereocenters. The van der Waals surface area contributed by atoms with Crippen LogP contribution in [0.5, 0.6) is 5.75 Å². The number of amides is 1. The molecule has 1 heterocycles. The van der Waals surface area contributed by atoms with Crippen LogP contribution in [0.2, 0.25) is 0 Å². The zero-order valence-corrected chi connectivity index (χ0v) is 17.9. The van der Waals surface area contributed by atoms with Gasteiger partial charge in [-0.15, -0.1) is 0 Å². The number of rotatable bonds is 6. The molecule has 3 aromatic carbocycles. The van der Waals surface area contributed by atoms with Crippen molar-refractivity contribution in [1.82, 2.24) is 15.3 Å². The normalized spacial score (nSPS) is 10.7. The molecule has 0 spiro atoms. The number of aromatic amines is 1. The van der Waals surface area contributed by atoms with E-state index < -0.39 is 0 Å². The van der Waals surface area contributed by atoms with Crippen LogP contribution in [-0.4, -0.2) is 23.0 Å². The third kappa shape index (κ3) is 4.51. The van der Waals surface area contributed by atoms with Crippen LogP contribution in [0.1, 0.15) is 27.0 Å². The topological polar surface area (TPSA) is 67.0 Å². The lowest BCUT2D eigenvalue weighted by Gasteiger charge is -2.10. The van der Waals surface area contributed by atoms with Gasteiger partial charge in [-0.05, 0) is 66.4 Å². The second kappa shape index (κ2) is 8.88. The maximum Gasteiger partial charge on any atom is 0.251 e. The summed E-state index contributed by atoms with van der Waals surface area (Å²) in [6.45, 7) is 4.46. The van der Waals surface area contributed by atoms with Crippen LogP contribution >= 0.6 is 0 Å². The number of aryl methyl sites for hydroxylation is 1. The third-order valence-electron chi connectivity index (χ3n) is 5.51. The lowest BCUT2D eigenvalue weighted by molar-refractivity contribution is 0.0950. The van der Waals surface area contributed by atoms with Gasteiger partial charge in [-0.3, -0.25) is 4.79 Å². The Balaban J connectivity index is 1.42. The number of hydrogen-bond acceptors (Lipinski definition) is 3. The van der Waals surface area contributed by atoms with E-state index in [1.807, 2.05) is 86.8 Å². The molecule has 0 radical (unpaired) electrons. The molecule has 0 aliphatic carbocycles. The fourth-order valence-corrected chi connectivity index (χ4v) is 3.44. The van der Waals surface area contributed by atoms with Gasteiger partial charge in [0.15, 0.2) is 0 Å². The number of nitrogens with one attached hydrogen (secondary N) is 2. The van der Waals surface area contributed by atoms with Gasteiger partial charge in [0.05, 0.1) is 19.0 Å². The summed E-state index contributed by atoms with van der Waals surface area (Å²) in [7, 11) is 1.65. The lowest BCUT2D eigenvalue weighted by atomic mass is 10.0. The van der Waals surface area contributed by atoms with Crippen molar-refractivity contribution in [3.8, 4) is 28.4 Å². The summed E-state index contributed by atoms with van der Waals surface area (Å²) in [5.41, 5.74) is 6.87. The van der Waals surface area contributed by atoms with Gasteiger partial charge in [-0.25, -0.2) is 4.98 Å². The molecule has 5 heteroatoms. The highest BCUT2D eigenvalue weighted by Crippen LogP contribution is 2.24. The molecule has 0 atom stereocenters. The first kappa shape index (κ1) is 20.4. The first-order valence-electron chi connectivity index (χ1n) is 10.2. The minimum absolute atomic E-state index is 0.0551. The van der Waals surface area contributed by atoms with Crippen molar-refractivity contribution in [2.75, 3.05) is 7.11 Å².